The van der Waals surface area contributed by atoms with Gasteiger partial charge < -0.3 is 9.72 Å². The first-order valence-corrected chi connectivity index (χ1v) is 7.16. The van der Waals surface area contributed by atoms with Crippen molar-refractivity contribution in [2.24, 2.45) is 0 Å². The van der Waals surface area contributed by atoms with Crippen molar-refractivity contribution in [2.45, 2.75) is 11.1 Å². The summed E-state index contributed by atoms with van der Waals surface area (Å²) in [5.74, 6) is -0.695. The lowest BCUT2D eigenvalue weighted by Crippen LogP contribution is -2.34. The van der Waals surface area contributed by atoms with Gasteiger partial charge in [-0.05, 0) is 5.56 Å². The maximum atomic E-state index is 12.1. The van der Waals surface area contributed by atoms with Crippen molar-refractivity contribution in [1.82, 2.24) is 14.7 Å². The summed E-state index contributed by atoms with van der Waals surface area (Å²) in [6, 6.07) is 7.33. The summed E-state index contributed by atoms with van der Waals surface area (Å²) >= 11 is 0. The molecule has 8 heteroatoms. The normalized spacial score (nSPS) is 12.8. The monoisotopic (exact) mass is 295 g/mol. The highest BCUT2D eigenvalue weighted by Gasteiger charge is 2.28. The van der Waals surface area contributed by atoms with Gasteiger partial charge in [0.25, 0.3) is 10.0 Å². The molecule has 0 saturated carbocycles. The first kappa shape index (κ1) is 14.2. The van der Waals surface area contributed by atoms with Crippen LogP contribution in [0.2, 0.25) is 0 Å². The van der Waals surface area contributed by atoms with Crippen LogP contribution in [-0.2, 0) is 19.6 Å². The van der Waals surface area contributed by atoms with E-state index in [9.17, 15) is 13.2 Å². The molecule has 0 amide bonds. The van der Waals surface area contributed by atoms with E-state index in [1.54, 1.807) is 30.3 Å². The van der Waals surface area contributed by atoms with Gasteiger partial charge in [-0.3, -0.25) is 0 Å². The third-order valence-corrected chi connectivity index (χ3v) is 3.95. The highest BCUT2D eigenvalue weighted by molar-refractivity contribution is 7.89. The summed E-state index contributed by atoms with van der Waals surface area (Å²) in [4.78, 5) is 17.9. The largest absolute Gasteiger partial charge is 0.468 e. The minimum atomic E-state index is -3.89. The average Bonchev–Trinajstić information content (AvgIpc) is 3.00. The second-order valence-corrected chi connectivity index (χ2v) is 5.59. The van der Waals surface area contributed by atoms with Crippen molar-refractivity contribution in [1.29, 1.82) is 0 Å². The van der Waals surface area contributed by atoms with Crippen LogP contribution in [0.15, 0.2) is 47.9 Å². The Balaban J connectivity index is 2.33. The van der Waals surface area contributed by atoms with Gasteiger partial charge in [0.2, 0.25) is 0 Å². The fourth-order valence-corrected chi connectivity index (χ4v) is 2.70. The first-order chi connectivity index (χ1) is 9.54. The number of hydrogen-bond acceptors (Lipinski definition) is 5. The Morgan fingerprint density at radius 2 is 2.05 bits per heavy atom. The standard InChI is InChI=1S/C12H13N3O4S/c1-19-12(16)11(9-5-3-2-4-6-9)15-20(17,18)10-7-13-8-14-10/h2-8,11,15H,1H3,(H,13,14). The number of imidazole rings is 1. The SMILES string of the molecule is COC(=O)C(NS(=O)(=O)c1cnc[nH]1)c1ccccc1. The second-order valence-electron chi connectivity index (χ2n) is 3.90. The number of ether oxygens (including phenoxy) is 1. The number of esters is 1. The van der Waals surface area contributed by atoms with Crippen LogP contribution in [0, 0.1) is 0 Å². The number of nitrogens with zero attached hydrogens (tertiary/aromatic N) is 1. The molecule has 0 bridgehead atoms. The quantitative estimate of drug-likeness (QED) is 0.787. The van der Waals surface area contributed by atoms with Crippen LogP contribution < -0.4 is 4.72 Å². The maximum Gasteiger partial charge on any atom is 0.328 e. The van der Waals surface area contributed by atoms with Crippen LogP contribution in [0.25, 0.3) is 0 Å². The van der Waals surface area contributed by atoms with E-state index in [1.165, 1.54) is 13.4 Å². The molecule has 0 saturated heterocycles. The van der Waals surface area contributed by atoms with E-state index >= 15 is 0 Å². The average molecular weight is 295 g/mol. The van der Waals surface area contributed by atoms with E-state index in [4.69, 9.17) is 0 Å². The van der Waals surface area contributed by atoms with Gasteiger partial charge in [-0.25, -0.2) is 18.2 Å². The maximum absolute atomic E-state index is 12.1. The molecule has 2 N–H and O–H groups in total. The molecular formula is C12H13N3O4S. The minimum absolute atomic E-state index is 0.123. The predicted octanol–water partition coefficient (Wildman–Crippen LogP) is 0.602. The van der Waals surface area contributed by atoms with E-state index in [2.05, 4.69) is 19.4 Å². The number of hydrogen-bond donors (Lipinski definition) is 2. The van der Waals surface area contributed by atoms with Gasteiger partial charge >= 0.3 is 5.97 Å². The number of aromatic amines is 1. The predicted molar refractivity (Wildman–Crippen MR) is 70.1 cm³/mol. The molecule has 1 aromatic heterocycles. The molecular weight excluding hydrogens is 282 g/mol. The highest BCUT2D eigenvalue weighted by Crippen LogP contribution is 2.17. The van der Waals surface area contributed by atoms with E-state index in [0.29, 0.717) is 5.56 Å². The zero-order valence-corrected chi connectivity index (χ0v) is 11.4. The second kappa shape index (κ2) is 5.85. The number of methoxy groups -OCH3 is 1. The van der Waals surface area contributed by atoms with Crippen LogP contribution in [0.3, 0.4) is 0 Å². The van der Waals surface area contributed by atoms with Gasteiger partial charge in [0, 0.05) is 0 Å². The fraction of sp³-hybridized carbons (Fsp3) is 0.167. The number of carbonyl (C=O) groups is 1. The van der Waals surface area contributed by atoms with Crippen LogP contribution in [0.5, 0.6) is 0 Å². The Labute approximate surface area is 116 Å². The third kappa shape index (κ3) is 3.03. The molecule has 20 heavy (non-hydrogen) atoms. The Morgan fingerprint density at radius 1 is 1.35 bits per heavy atom. The Kier molecular flexibility index (Phi) is 4.16. The lowest BCUT2D eigenvalue weighted by molar-refractivity contribution is -0.142. The highest BCUT2D eigenvalue weighted by atomic mass is 32.2. The van der Waals surface area contributed by atoms with Crippen molar-refractivity contribution in [3.8, 4) is 0 Å². The zero-order chi connectivity index (χ0) is 14.6. The number of benzene rings is 1. The lowest BCUT2D eigenvalue weighted by atomic mass is 10.1. The van der Waals surface area contributed by atoms with Gasteiger partial charge in [-0.15, -0.1) is 0 Å². The molecule has 0 radical (unpaired) electrons. The molecule has 0 fully saturated rings. The van der Waals surface area contributed by atoms with Gasteiger partial charge in [0.05, 0.1) is 19.6 Å². The van der Waals surface area contributed by atoms with Crippen LogP contribution in [0.4, 0.5) is 0 Å². The summed E-state index contributed by atoms with van der Waals surface area (Å²) in [6.07, 6.45) is 2.39. The van der Waals surface area contributed by atoms with E-state index in [0.717, 1.165) is 6.20 Å². The third-order valence-electron chi connectivity index (χ3n) is 2.61. The van der Waals surface area contributed by atoms with Crippen LogP contribution in [0.1, 0.15) is 11.6 Å². The van der Waals surface area contributed by atoms with E-state index in [-0.39, 0.29) is 5.03 Å². The number of H-pyrrole nitrogens is 1. The first-order valence-electron chi connectivity index (χ1n) is 5.68. The fourth-order valence-electron chi connectivity index (χ4n) is 1.62. The molecule has 1 aromatic carbocycles. The molecule has 0 aliphatic rings. The number of nitrogens with one attached hydrogen (secondary N) is 2. The number of sulfonamides is 1. The Morgan fingerprint density at radius 3 is 2.60 bits per heavy atom. The van der Waals surface area contributed by atoms with Gasteiger partial charge in [-0.2, -0.15) is 4.72 Å². The van der Waals surface area contributed by atoms with Crippen molar-refractivity contribution in [3.63, 3.8) is 0 Å². The molecule has 7 nitrogen and oxygen atoms in total. The molecule has 0 aliphatic heterocycles. The van der Waals surface area contributed by atoms with Crippen LogP contribution in [-0.4, -0.2) is 31.5 Å². The molecule has 2 aromatic rings. The molecule has 2 rings (SSSR count). The van der Waals surface area contributed by atoms with Crippen molar-refractivity contribution >= 4 is 16.0 Å². The molecule has 0 spiro atoms. The van der Waals surface area contributed by atoms with Gasteiger partial charge in [0.1, 0.15) is 6.04 Å². The van der Waals surface area contributed by atoms with E-state index < -0.39 is 22.0 Å². The smallest absolute Gasteiger partial charge is 0.328 e. The van der Waals surface area contributed by atoms with Crippen molar-refractivity contribution in [2.75, 3.05) is 7.11 Å². The molecule has 1 atom stereocenters. The zero-order valence-electron chi connectivity index (χ0n) is 10.6. The summed E-state index contributed by atoms with van der Waals surface area (Å²) < 4.78 is 31.1. The summed E-state index contributed by atoms with van der Waals surface area (Å²) in [5, 5.41) is -0.123. The lowest BCUT2D eigenvalue weighted by Gasteiger charge is -2.16. The van der Waals surface area contributed by atoms with Crippen molar-refractivity contribution < 1.29 is 17.9 Å². The minimum Gasteiger partial charge on any atom is -0.468 e. The van der Waals surface area contributed by atoms with Gasteiger partial charge in [0.15, 0.2) is 5.03 Å². The summed E-state index contributed by atoms with van der Waals surface area (Å²) in [7, 11) is -2.69. The molecule has 106 valence electrons. The Hall–Kier alpha value is -2.19. The van der Waals surface area contributed by atoms with Crippen molar-refractivity contribution in [3.05, 3.63) is 48.4 Å². The molecule has 1 unspecified atom stereocenters. The topological polar surface area (TPSA) is 101 Å². The summed E-state index contributed by atoms with van der Waals surface area (Å²) in [6.45, 7) is 0. The van der Waals surface area contributed by atoms with E-state index in [1.807, 2.05) is 0 Å². The molecule has 0 aliphatic carbocycles. The number of rotatable bonds is 5. The Bertz CT molecular complexity index is 668. The summed E-state index contributed by atoms with van der Waals surface area (Å²) in [5.41, 5.74) is 0.488. The number of aromatic nitrogens is 2. The van der Waals surface area contributed by atoms with Crippen LogP contribution >= 0.6 is 0 Å². The number of carbonyl (C=O) groups excluding carboxylic acids is 1. The van der Waals surface area contributed by atoms with Gasteiger partial charge in [-0.1, -0.05) is 30.3 Å². The molecule has 1 heterocycles.